The predicted octanol–water partition coefficient (Wildman–Crippen LogP) is 0.806. The van der Waals surface area contributed by atoms with Crippen molar-refractivity contribution in [1.29, 1.82) is 0 Å². The zero-order valence-corrected chi connectivity index (χ0v) is 9.83. The highest BCUT2D eigenvalue weighted by atomic mass is 16.5. The number of hydrogen-bond acceptors (Lipinski definition) is 4. The fraction of sp³-hybridized carbons (Fsp3) is 1.00. The fourth-order valence-electron chi connectivity index (χ4n) is 1.54. The quantitative estimate of drug-likeness (QED) is 0.580. The number of likely N-dealkylation sites (N-methyl/N-ethyl adjacent to an activating group) is 1. The predicted molar refractivity (Wildman–Crippen MR) is 59.1 cm³/mol. The molecule has 1 fully saturated rings. The molecule has 0 aromatic rings. The molecular formula is C11H23NO3. The summed E-state index contributed by atoms with van der Waals surface area (Å²) in [7, 11) is 1.93. The van der Waals surface area contributed by atoms with Crippen molar-refractivity contribution in [3.05, 3.63) is 0 Å². The Morgan fingerprint density at radius 2 is 1.73 bits per heavy atom. The topological polar surface area (TPSA) is 39.7 Å². The van der Waals surface area contributed by atoms with E-state index in [-0.39, 0.29) is 0 Å². The van der Waals surface area contributed by atoms with E-state index in [4.69, 9.17) is 14.2 Å². The van der Waals surface area contributed by atoms with Gasteiger partial charge in [-0.05, 0) is 26.8 Å². The average Bonchev–Trinajstić information content (AvgIpc) is 2.19. The van der Waals surface area contributed by atoms with E-state index in [1.54, 1.807) is 0 Å². The summed E-state index contributed by atoms with van der Waals surface area (Å²) in [4.78, 5) is 0. The maximum Gasteiger partial charge on any atom is 0.0704 e. The Balaban J connectivity index is 1.83. The molecule has 1 N–H and O–H groups in total. The lowest BCUT2D eigenvalue weighted by Gasteiger charge is -2.34. The molecule has 0 bridgehead atoms. The van der Waals surface area contributed by atoms with E-state index in [1.807, 2.05) is 14.0 Å². The second-order valence-corrected chi connectivity index (χ2v) is 3.76. The van der Waals surface area contributed by atoms with Gasteiger partial charge in [-0.3, -0.25) is 0 Å². The number of ether oxygens (including phenoxy) is 3. The van der Waals surface area contributed by atoms with Crippen LogP contribution in [0, 0.1) is 0 Å². The third-order valence-corrected chi connectivity index (χ3v) is 2.54. The lowest BCUT2D eigenvalue weighted by molar-refractivity contribution is -0.108. The minimum absolute atomic E-state index is 0.394. The van der Waals surface area contributed by atoms with E-state index < -0.39 is 0 Å². The lowest BCUT2D eigenvalue weighted by Crippen LogP contribution is -2.39. The van der Waals surface area contributed by atoms with Crippen molar-refractivity contribution in [3.63, 3.8) is 0 Å². The fourth-order valence-corrected chi connectivity index (χ4v) is 1.54. The van der Waals surface area contributed by atoms with Gasteiger partial charge in [-0.15, -0.1) is 0 Å². The highest BCUT2D eigenvalue weighted by molar-refractivity contribution is 4.81. The molecule has 0 saturated heterocycles. The van der Waals surface area contributed by atoms with E-state index in [1.165, 1.54) is 0 Å². The summed E-state index contributed by atoms with van der Waals surface area (Å²) in [6.45, 7) is 5.90. The summed E-state index contributed by atoms with van der Waals surface area (Å²) in [6.07, 6.45) is 2.88. The van der Waals surface area contributed by atoms with E-state index in [2.05, 4.69) is 5.32 Å². The molecule has 1 saturated carbocycles. The molecule has 0 amide bonds. The van der Waals surface area contributed by atoms with Gasteiger partial charge in [0.2, 0.25) is 0 Å². The van der Waals surface area contributed by atoms with Gasteiger partial charge in [0, 0.05) is 13.2 Å². The summed E-state index contributed by atoms with van der Waals surface area (Å²) in [5, 5.41) is 3.06. The maximum atomic E-state index is 5.60. The molecule has 0 radical (unpaired) electrons. The second kappa shape index (κ2) is 8.05. The van der Waals surface area contributed by atoms with Gasteiger partial charge in [-0.25, -0.2) is 0 Å². The average molecular weight is 217 g/mol. The van der Waals surface area contributed by atoms with Gasteiger partial charge in [0.1, 0.15) is 0 Å². The van der Waals surface area contributed by atoms with Crippen LogP contribution in [0.5, 0.6) is 0 Å². The highest BCUT2D eigenvalue weighted by Crippen LogP contribution is 2.25. The van der Waals surface area contributed by atoms with Crippen molar-refractivity contribution in [2.45, 2.75) is 32.0 Å². The number of hydrogen-bond donors (Lipinski definition) is 1. The molecular weight excluding hydrogens is 194 g/mol. The molecule has 1 rings (SSSR count). The van der Waals surface area contributed by atoms with Gasteiger partial charge < -0.3 is 19.5 Å². The Morgan fingerprint density at radius 3 is 2.33 bits per heavy atom. The Labute approximate surface area is 92.3 Å². The highest BCUT2D eigenvalue weighted by Gasteiger charge is 2.30. The molecule has 4 heteroatoms. The minimum Gasteiger partial charge on any atom is -0.379 e. The molecule has 0 aromatic carbocycles. The van der Waals surface area contributed by atoms with Crippen molar-refractivity contribution in [3.8, 4) is 0 Å². The van der Waals surface area contributed by atoms with E-state index in [0.717, 1.165) is 32.6 Å². The van der Waals surface area contributed by atoms with Gasteiger partial charge in [-0.1, -0.05) is 0 Å². The van der Waals surface area contributed by atoms with Crippen LogP contribution in [0.15, 0.2) is 0 Å². The van der Waals surface area contributed by atoms with Crippen molar-refractivity contribution in [2.24, 2.45) is 0 Å². The van der Waals surface area contributed by atoms with Crippen LogP contribution in [-0.4, -0.2) is 52.2 Å². The summed E-state index contributed by atoms with van der Waals surface area (Å²) in [5.41, 5.74) is 0. The van der Waals surface area contributed by atoms with Crippen LogP contribution < -0.4 is 5.32 Å². The molecule has 0 atom stereocenters. The first-order valence-corrected chi connectivity index (χ1v) is 5.82. The van der Waals surface area contributed by atoms with Crippen LogP contribution in [0.4, 0.5) is 0 Å². The van der Waals surface area contributed by atoms with E-state index in [9.17, 15) is 0 Å². The monoisotopic (exact) mass is 217 g/mol. The van der Waals surface area contributed by atoms with Crippen molar-refractivity contribution in [1.82, 2.24) is 5.32 Å². The largest absolute Gasteiger partial charge is 0.379 e. The Morgan fingerprint density at radius 1 is 1.07 bits per heavy atom. The summed E-state index contributed by atoms with van der Waals surface area (Å²) in [5.74, 6) is 0. The van der Waals surface area contributed by atoms with E-state index >= 15 is 0 Å². The molecule has 0 heterocycles. The van der Waals surface area contributed by atoms with Crippen molar-refractivity contribution < 1.29 is 14.2 Å². The molecule has 0 aromatic heterocycles. The molecule has 90 valence electrons. The van der Waals surface area contributed by atoms with Crippen LogP contribution in [0.3, 0.4) is 0 Å². The zero-order valence-electron chi connectivity index (χ0n) is 9.83. The smallest absolute Gasteiger partial charge is 0.0704 e. The van der Waals surface area contributed by atoms with Gasteiger partial charge in [0.25, 0.3) is 0 Å². The molecule has 0 aliphatic heterocycles. The molecule has 1 aliphatic carbocycles. The maximum absolute atomic E-state index is 5.60. The van der Waals surface area contributed by atoms with Crippen LogP contribution >= 0.6 is 0 Å². The van der Waals surface area contributed by atoms with Gasteiger partial charge in [0.15, 0.2) is 0 Å². The van der Waals surface area contributed by atoms with Crippen LogP contribution in [-0.2, 0) is 14.2 Å². The molecule has 4 nitrogen and oxygen atoms in total. The first-order valence-electron chi connectivity index (χ1n) is 5.82. The molecule has 0 spiro atoms. The van der Waals surface area contributed by atoms with Crippen molar-refractivity contribution in [2.75, 3.05) is 40.0 Å². The standard InChI is InChI=1S/C11H23NO3/c1-3-13-6-7-15-11-8-10(9-11)14-5-4-12-2/h10-12H,3-9H2,1-2H3/t10-,11-. The Kier molecular flexibility index (Phi) is 6.92. The molecule has 0 unspecified atom stereocenters. The number of nitrogens with one attached hydrogen (secondary N) is 1. The summed E-state index contributed by atoms with van der Waals surface area (Å²) in [6, 6.07) is 0. The summed E-state index contributed by atoms with van der Waals surface area (Å²) >= 11 is 0. The third-order valence-electron chi connectivity index (χ3n) is 2.54. The molecule has 15 heavy (non-hydrogen) atoms. The van der Waals surface area contributed by atoms with Crippen LogP contribution in [0.1, 0.15) is 19.8 Å². The van der Waals surface area contributed by atoms with Gasteiger partial charge in [0.05, 0.1) is 32.0 Å². The summed E-state index contributed by atoms with van der Waals surface area (Å²) < 4.78 is 16.4. The first-order chi connectivity index (χ1) is 7.36. The Hall–Kier alpha value is -0.160. The van der Waals surface area contributed by atoms with Crippen molar-refractivity contribution >= 4 is 0 Å². The van der Waals surface area contributed by atoms with Gasteiger partial charge >= 0.3 is 0 Å². The van der Waals surface area contributed by atoms with Gasteiger partial charge in [-0.2, -0.15) is 0 Å². The SMILES string of the molecule is CCOCCO[C@H]1C[C@H](OCCNC)C1. The normalized spacial score (nSPS) is 25.2. The number of rotatable bonds is 9. The first kappa shape index (κ1) is 12.9. The second-order valence-electron chi connectivity index (χ2n) is 3.76. The third kappa shape index (κ3) is 5.47. The van der Waals surface area contributed by atoms with Crippen LogP contribution in [0.2, 0.25) is 0 Å². The van der Waals surface area contributed by atoms with E-state index in [0.29, 0.717) is 25.4 Å². The zero-order chi connectivity index (χ0) is 10.9. The molecule has 1 aliphatic rings. The lowest BCUT2D eigenvalue weighted by atomic mass is 9.92. The minimum atomic E-state index is 0.394. The Bertz CT molecular complexity index is 149. The van der Waals surface area contributed by atoms with Crippen LogP contribution in [0.25, 0.3) is 0 Å².